The minimum Gasteiger partial charge on any atom is -0.309 e. The van der Waals surface area contributed by atoms with Crippen LogP contribution in [0, 0.1) is 20.8 Å². The molecule has 14 heteroatoms. The molecular formula is C33H33BrF2N8O3. The topological polar surface area (TPSA) is 126 Å². The monoisotopic (exact) mass is 706 g/mol. The maximum atomic E-state index is 14.2. The van der Waals surface area contributed by atoms with Gasteiger partial charge in [-0.25, -0.2) is 23.7 Å². The second kappa shape index (κ2) is 12.3. The van der Waals surface area contributed by atoms with Crippen molar-refractivity contribution in [2.75, 3.05) is 25.0 Å². The van der Waals surface area contributed by atoms with E-state index in [1.54, 1.807) is 50.2 Å². The van der Waals surface area contributed by atoms with Crippen LogP contribution in [0.1, 0.15) is 47.7 Å². The average Bonchev–Trinajstić information content (AvgIpc) is 3.52. The van der Waals surface area contributed by atoms with Crippen LogP contribution in [-0.4, -0.2) is 83.7 Å². The van der Waals surface area contributed by atoms with Gasteiger partial charge < -0.3 is 10.2 Å². The Morgan fingerprint density at radius 3 is 2.38 bits per heavy atom. The van der Waals surface area contributed by atoms with E-state index in [4.69, 9.17) is 0 Å². The number of ketones is 1. The fraction of sp³-hybridized carbons (Fsp3) is 0.364. The van der Waals surface area contributed by atoms with Crippen molar-refractivity contribution in [1.82, 2.24) is 34.5 Å². The number of benzene rings is 1. The Hall–Kier alpha value is -4.43. The summed E-state index contributed by atoms with van der Waals surface area (Å²) in [5, 5.41) is 8.00. The predicted octanol–water partition coefficient (Wildman–Crippen LogP) is 5.24. The molecule has 0 saturated carbocycles. The molecular weight excluding hydrogens is 674 g/mol. The smallest absolute Gasteiger partial charge is 0.272 e. The molecule has 244 valence electrons. The van der Waals surface area contributed by atoms with Gasteiger partial charge in [-0.2, -0.15) is 5.10 Å². The third-order valence-electron chi connectivity index (χ3n) is 8.59. The number of amides is 2. The highest BCUT2D eigenvalue weighted by Crippen LogP contribution is 2.35. The first-order valence-corrected chi connectivity index (χ1v) is 15.9. The van der Waals surface area contributed by atoms with E-state index in [0.717, 1.165) is 27.8 Å². The molecule has 4 aromatic rings. The van der Waals surface area contributed by atoms with Gasteiger partial charge in [0.1, 0.15) is 34.5 Å². The number of rotatable bonds is 8. The van der Waals surface area contributed by atoms with E-state index in [2.05, 4.69) is 41.3 Å². The number of carbonyl (C=O) groups is 3. The second-order valence-electron chi connectivity index (χ2n) is 12.2. The molecule has 0 radical (unpaired) electrons. The van der Waals surface area contributed by atoms with Gasteiger partial charge in [-0.3, -0.25) is 24.0 Å². The minimum absolute atomic E-state index is 0.179. The summed E-state index contributed by atoms with van der Waals surface area (Å²) in [6.45, 7) is 7.82. The quantitative estimate of drug-likeness (QED) is 0.195. The first kappa shape index (κ1) is 32.5. The van der Waals surface area contributed by atoms with E-state index < -0.39 is 23.8 Å². The molecule has 2 aliphatic heterocycles. The van der Waals surface area contributed by atoms with Gasteiger partial charge in [-0.1, -0.05) is 6.07 Å². The lowest BCUT2D eigenvalue weighted by atomic mass is 10.0. The third kappa shape index (κ3) is 6.44. The summed E-state index contributed by atoms with van der Waals surface area (Å²) >= 11 is 3.33. The molecule has 0 unspecified atom stereocenters. The standard InChI is InChI=1S/C33H33BrF2N8O3/c1-17-6-7-27(34)39-31(17)40-32(47)26-10-23(13-42-15-33(35,36)16-42)19(3)44(26)28(46)14-43-30-18(2)8-22(24-11-37-21(5)38-12-24)9-25(30)29(41-43)20(4)45/h6-9,11-12,26H,10,13-16H2,1-5H3,(H,39,40,47)/t26-/m0/s1. The normalized spacial score (nSPS) is 17.7. The van der Waals surface area contributed by atoms with E-state index >= 15 is 0 Å². The molecule has 1 saturated heterocycles. The van der Waals surface area contributed by atoms with Crippen LogP contribution in [-0.2, 0) is 16.1 Å². The van der Waals surface area contributed by atoms with E-state index in [0.29, 0.717) is 32.8 Å². The highest BCUT2D eigenvalue weighted by atomic mass is 79.9. The lowest BCUT2D eigenvalue weighted by Crippen LogP contribution is -2.56. The van der Waals surface area contributed by atoms with E-state index in [9.17, 15) is 23.2 Å². The Bertz CT molecular complexity index is 1970. The number of allylic oxidation sites excluding steroid dienone is 1. The number of anilines is 1. The van der Waals surface area contributed by atoms with Crippen molar-refractivity contribution >= 4 is 50.2 Å². The summed E-state index contributed by atoms with van der Waals surface area (Å²) in [5.74, 6) is -2.91. The van der Waals surface area contributed by atoms with E-state index in [-0.39, 0.29) is 44.1 Å². The predicted molar refractivity (Wildman–Crippen MR) is 175 cm³/mol. The van der Waals surface area contributed by atoms with Gasteiger partial charge in [-0.15, -0.1) is 0 Å². The molecule has 2 aliphatic rings. The van der Waals surface area contributed by atoms with Crippen molar-refractivity contribution in [2.24, 2.45) is 0 Å². The van der Waals surface area contributed by atoms with Crippen LogP contribution in [0.25, 0.3) is 22.0 Å². The lowest BCUT2D eigenvalue weighted by molar-refractivity contribution is -0.136. The number of likely N-dealkylation sites (tertiary alicyclic amines) is 1. The number of alkyl halides is 2. The van der Waals surface area contributed by atoms with Crippen molar-refractivity contribution < 1.29 is 23.2 Å². The summed E-state index contributed by atoms with van der Waals surface area (Å²) in [7, 11) is 0. The lowest BCUT2D eigenvalue weighted by Gasteiger charge is -2.39. The highest BCUT2D eigenvalue weighted by Gasteiger charge is 2.46. The van der Waals surface area contributed by atoms with Crippen molar-refractivity contribution in [1.29, 1.82) is 0 Å². The van der Waals surface area contributed by atoms with Gasteiger partial charge in [0.2, 0.25) is 11.8 Å². The Kier molecular flexibility index (Phi) is 8.51. The Morgan fingerprint density at radius 1 is 1.02 bits per heavy atom. The van der Waals surface area contributed by atoms with Crippen LogP contribution < -0.4 is 5.32 Å². The second-order valence-corrected chi connectivity index (χ2v) is 13.0. The largest absolute Gasteiger partial charge is 0.309 e. The van der Waals surface area contributed by atoms with Crippen LogP contribution >= 0.6 is 15.9 Å². The fourth-order valence-electron chi connectivity index (χ4n) is 6.26. The molecule has 6 rings (SSSR count). The zero-order valence-electron chi connectivity index (χ0n) is 26.6. The average molecular weight is 708 g/mol. The van der Waals surface area contributed by atoms with Crippen LogP contribution in [0.15, 0.2) is 52.5 Å². The molecule has 2 amide bonds. The van der Waals surface area contributed by atoms with Crippen LogP contribution in [0.5, 0.6) is 0 Å². The number of nitrogens with zero attached hydrogens (tertiary/aromatic N) is 7. The number of hydrogen-bond acceptors (Lipinski definition) is 8. The van der Waals surface area contributed by atoms with Gasteiger partial charge in [0.15, 0.2) is 5.78 Å². The molecule has 0 aliphatic carbocycles. The van der Waals surface area contributed by atoms with Crippen molar-refractivity contribution in [2.45, 2.75) is 59.5 Å². The van der Waals surface area contributed by atoms with Crippen LogP contribution in [0.3, 0.4) is 0 Å². The van der Waals surface area contributed by atoms with Gasteiger partial charge in [0, 0.05) is 48.9 Å². The number of aryl methyl sites for hydroxylation is 3. The van der Waals surface area contributed by atoms with Crippen molar-refractivity contribution in [3.63, 3.8) is 0 Å². The van der Waals surface area contributed by atoms with E-state index in [1.807, 2.05) is 19.1 Å². The van der Waals surface area contributed by atoms with Crippen LogP contribution in [0.4, 0.5) is 14.6 Å². The maximum absolute atomic E-state index is 14.2. The third-order valence-corrected chi connectivity index (χ3v) is 9.03. The Labute approximate surface area is 278 Å². The summed E-state index contributed by atoms with van der Waals surface area (Å²) in [6, 6.07) is 6.38. The van der Waals surface area contributed by atoms with Gasteiger partial charge in [-0.05, 0) is 84.1 Å². The molecule has 11 nitrogen and oxygen atoms in total. The number of nitrogens with one attached hydrogen (secondary N) is 1. The Balaban J connectivity index is 1.34. The summed E-state index contributed by atoms with van der Waals surface area (Å²) in [6.07, 6.45) is 3.60. The molecule has 0 spiro atoms. The number of hydrogen-bond donors (Lipinski definition) is 1. The fourth-order valence-corrected chi connectivity index (χ4v) is 6.57. The van der Waals surface area contributed by atoms with Crippen LogP contribution in [0.2, 0.25) is 0 Å². The van der Waals surface area contributed by atoms with Gasteiger partial charge in [0.25, 0.3) is 5.92 Å². The summed E-state index contributed by atoms with van der Waals surface area (Å²) in [4.78, 5) is 56.6. The number of fused-ring (bicyclic) bond motifs is 1. The SMILES string of the molecule is CC(=O)c1nn(CC(=O)N2C(C)=C(CN3CC(F)(F)C3)C[C@H]2C(=O)Nc2nc(Br)ccc2C)c2c(C)cc(-c3cnc(C)nc3)cc12. The van der Waals surface area contributed by atoms with Gasteiger partial charge >= 0.3 is 0 Å². The number of aromatic nitrogens is 5. The van der Waals surface area contributed by atoms with Crippen molar-refractivity contribution in [3.05, 3.63) is 75.2 Å². The number of halogens is 3. The molecule has 1 fully saturated rings. The molecule has 1 atom stereocenters. The first-order chi connectivity index (χ1) is 22.2. The summed E-state index contributed by atoms with van der Waals surface area (Å²) in [5.41, 5.74) is 5.17. The highest BCUT2D eigenvalue weighted by molar-refractivity contribution is 9.10. The number of Topliss-reactive ketones (excluding diaryl/α,β-unsaturated/α-hetero) is 1. The van der Waals surface area contributed by atoms with Gasteiger partial charge in [0.05, 0.1) is 18.6 Å². The first-order valence-electron chi connectivity index (χ1n) is 15.1. The molecule has 5 heterocycles. The minimum atomic E-state index is -2.75. The molecule has 3 aromatic heterocycles. The molecule has 0 bridgehead atoms. The van der Waals surface area contributed by atoms with E-state index in [1.165, 1.54) is 16.5 Å². The molecule has 47 heavy (non-hydrogen) atoms. The zero-order valence-corrected chi connectivity index (χ0v) is 28.2. The maximum Gasteiger partial charge on any atom is 0.272 e. The molecule has 1 N–H and O–H groups in total. The zero-order chi connectivity index (χ0) is 33.8. The Morgan fingerprint density at radius 2 is 1.72 bits per heavy atom. The number of carbonyl (C=O) groups excluding carboxylic acids is 3. The summed E-state index contributed by atoms with van der Waals surface area (Å²) < 4.78 is 29.3. The molecule has 1 aromatic carbocycles. The number of pyridine rings is 1. The van der Waals surface area contributed by atoms with Crippen molar-refractivity contribution in [3.8, 4) is 11.1 Å².